The van der Waals surface area contributed by atoms with Crippen molar-refractivity contribution in [2.45, 2.75) is 26.2 Å². The molecule has 0 aliphatic carbocycles. The second-order valence-corrected chi connectivity index (χ2v) is 2.46. The maximum atomic E-state index is 11.5. The van der Waals surface area contributed by atoms with Gasteiger partial charge in [0, 0.05) is 6.54 Å². The number of ether oxygens (including phenoxy) is 1. The van der Waals surface area contributed by atoms with Crippen LogP contribution in [0.15, 0.2) is 0 Å². The standard InChI is InChI=1S/C8H16FNO2/c1-2-3-4-6-10-8(11)12-7-5-9/h2-7H2,1H3,(H,10,11). The third kappa shape index (κ3) is 7.31. The van der Waals surface area contributed by atoms with E-state index in [1.165, 1.54) is 0 Å². The first-order valence-electron chi connectivity index (χ1n) is 4.27. The zero-order valence-corrected chi connectivity index (χ0v) is 7.44. The Morgan fingerprint density at radius 3 is 2.83 bits per heavy atom. The largest absolute Gasteiger partial charge is 0.447 e. The normalized spacial score (nSPS) is 9.50. The monoisotopic (exact) mass is 177 g/mol. The number of hydrogen-bond acceptors (Lipinski definition) is 2. The van der Waals surface area contributed by atoms with Crippen molar-refractivity contribution in [2.75, 3.05) is 19.8 Å². The number of amides is 1. The van der Waals surface area contributed by atoms with Gasteiger partial charge in [0.05, 0.1) is 0 Å². The van der Waals surface area contributed by atoms with Crippen molar-refractivity contribution < 1.29 is 13.9 Å². The van der Waals surface area contributed by atoms with Gasteiger partial charge in [-0.2, -0.15) is 0 Å². The summed E-state index contributed by atoms with van der Waals surface area (Å²) in [5, 5.41) is 2.52. The van der Waals surface area contributed by atoms with Gasteiger partial charge in [-0.25, -0.2) is 9.18 Å². The van der Waals surface area contributed by atoms with Crippen LogP contribution in [0.25, 0.3) is 0 Å². The summed E-state index contributed by atoms with van der Waals surface area (Å²) in [6.07, 6.45) is 2.62. The lowest BCUT2D eigenvalue weighted by atomic mass is 10.2. The molecular weight excluding hydrogens is 161 g/mol. The number of unbranched alkanes of at least 4 members (excludes halogenated alkanes) is 2. The molecule has 0 spiro atoms. The number of rotatable bonds is 6. The van der Waals surface area contributed by atoms with Crippen LogP contribution in [0.4, 0.5) is 9.18 Å². The van der Waals surface area contributed by atoms with Crippen LogP contribution in [0.1, 0.15) is 26.2 Å². The molecule has 0 radical (unpaired) electrons. The molecule has 12 heavy (non-hydrogen) atoms. The Morgan fingerprint density at radius 2 is 2.25 bits per heavy atom. The van der Waals surface area contributed by atoms with Crippen molar-refractivity contribution in [2.24, 2.45) is 0 Å². The minimum absolute atomic E-state index is 0.153. The third-order valence-corrected chi connectivity index (χ3v) is 1.36. The van der Waals surface area contributed by atoms with Crippen molar-refractivity contribution in [3.63, 3.8) is 0 Å². The lowest BCUT2D eigenvalue weighted by Crippen LogP contribution is -2.25. The van der Waals surface area contributed by atoms with E-state index < -0.39 is 12.8 Å². The highest BCUT2D eigenvalue weighted by molar-refractivity contribution is 5.66. The smallest absolute Gasteiger partial charge is 0.407 e. The highest BCUT2D eigenvalue weighted by Crippen LogP contribution is 1.91. The van der Waals surface area contributed by atoms with E-state index in [4.69, 9.17) is 0 Å². The van der Waals surface area contributed by atoms with Gasteiger partial charge in [-0.1, -0.05) is 19.8 Å². The maximum Gasteiger partial charge on any atom is 0.407 e. The first-order chi connectivity index (χ1) is 5.81. The molecule has 0 rings (SSSR count). The highest BCUT2D eigenvalue weighted by atomic mass is 19.1. The number of carbonyl (C=O) groups excluding carboxylic acids is 1. The molecule has 0 atom stereocenters. The van der Waals surface area contributed by atoms with Crippen molar-refractivity contribution in [1.29, 1.82) is 0 Å². The van der Waals surface area contributed by atoms with Crippen molar-refractivity contribution >= 4 is 6.09 Å². The van der Waals surface area contributed by atoms with Gasteiger partial charge in [-0.3, -0.25) is 0 Å². The molecule has 3 nitrogen and oxygen atoms in total. The molecule has 0 bridgehead atoms. The average molecular weight is 177 g/mol. The zero-order chi connectivity index (χ0) is 9.23. The molecule has 0 aliphatic rings. The van der Waals surface area contributed by atoms with E-state index in [-0.39, 0.29) is 6.61 Å². The fourth-order valence-electron chi connectivity index (χ4n) is 0.748. The molecule has 0 fully saturated rings. The summed E-state index contributed by atoms with van der Waals surface area (Å²) < 4.78 is 15.9. The molecule has 0 aromatic carbocycles. The Morgan fingerprint density at radius 1 is 1.50 bits per heavy atom. The minimum atomic E-state index is -0.623. The SMILES string of the molecule is CCCCCNC(=O)OCCF. The number of carbonyl (C=O) groups is 1. The molecule has 72 valence electrons. The van der Waals surface area contributed by atoms with Crippen molar-refractivity contribution in [3.8, 4) is 0 Å². The lowest BCUT2D eigenvalue weighted by Gasteiger charge is -2.03. The molecule has 0 unspecified atom stereocenters. The summed E-state index contributed by atoms with van der Waals surface area (Å²) in [4.78, 5) is 10.7. The predicted octanol–water partition coefficient (Wildman–Crippen LogP) is 1.87. The molecule has 0 saturated carbocycles. The fourth-order valence-corrected chi connectivity index (χ4v) is 0.748. The summed E-state index contributed by atoms with van der Waals surface area (Å²) in [6.45, 7) is 1.92. The summed E-state index contributed by atoms with van der Waals surface area (Å²) in [5.74, 6) is 0. The molecule has 0 aliphatic heterocycles. The Balaban J connectivity index is 3.08. The molecule has 0 heterocycles. The van der Waals surface area contributed by atoms with Crippen molar-refractivity contribution in [1.82, 2.24) is 5.32 Å². The summed E-state index contributed by atoms with van der Waals surface area (Å²) in [6, 6.07) is 0. The Kier molecular flexibility index (Phi) is 7.74. The summed E-state index contributed by atoms with van der Waals surface area (Å²) >= 11 is 0. The quantitative estimate of drug-likeness (QED) is 0.629. The number of hydrogen-bond donors (Lipinski definition) is 1. The van der Waals surface area contributed by atoms with E-state index in [0.29, 0.717) is 6.54 Å². The second-order valence-electron chi connectivity index (χ2n) is 2.46. The van der Waals surface area contributed by atoms with Crippen LogP contribution in [-0.4, -0.2) is 25.9 Å². The number of halogens is 1. The zero-order valence-electron chi connectivity index (χ0n) is 7.44. The molecule has 0 aromatic heterocycles. The second kappa shape index (κ2) is 8.30. The fraction of sp³-hybridized carbons (Fsp3) is 0.875. The summed E-state index contributed by atoms with van der Waals surface area (Å²) in [5.41, 5.74) is 0. The van der Waals surface area contributed by atoms with Crippen LogP contribution >= 0.6 is 0 Å². The molecule has 0 saturated heterocycles. The van der Waals surface area contributed by atoms with E-state index in [1.807, 2.05) is 0 Å². The molecule has 1 N–H and O–H groups in total. The number of alkyl carbamates (subject to hydrolysis) is 1. The average Bonchev–Trinajstić information content (AvgIpc) is 2.09. The Labute approximate surface area is 72.3 Å². The van der Waals surface area contributed by atoms with Gasteiger partial charge in [0.1, 0.15) is 13.3 Å². The summed E-state index contributed by atoms with van der Waals surface area (Å²) in [7, 11) is 0. The first kappa shape index (κ1) is 11.2. The van der Waals surface area contributed by atoms with Crippen LogP contribution in [0, 0.1) is 0 Å². The predicted molar refractivity (Wildman–Crippen MR) is 44.9 cm³/mol. The van der Waals surface area contributed by atoms with Crippen LogP contribution < -0.4 is 5.32 Å². The van der Waals surface area contributed by atoms with E-state index >= 15 is 0 Å². The third-order valence-electron chi connectivity index (χ3n) is 1.36. The van der Waals surface area contributed by atoms with Crippen LogP contribution in [0.3, 0.4) is 0 Å². The Bertz CT molecular complexity index is 120. The minimum Gasteiger partial charge on any atom is -0.447 e. The maximum absolute atomic E-state index is 11.5. The van der Waals surface area contributed by atoms with Crippen LogP contribution in [-0.2, 0) is 4.74 Å². The van der Waals surface area contributed by atoms with Gasteiger partial charge in [0.15, 0.2) is 0 Å². The lowest BCUT2D eigenvalue weighted by molar-refractivity contribution is 0.137. The van der Waals surface area contributed by atoms with Gasteiger partial charge in [-0.05, 0) is 6.42 Å². The first-order valence-corrected chi connectivity index (χ1v) is 4.27. The van der Waals surface area contributed by atoms with E-state index in [9.17, 15) is 9.18 Å². The Hall–Kier alpha value is -0.800. The molecular formula is C8H16FNO2. The van der Waals surface area contributed by atoms with E-state index in [0.717, 1.165) is 19.3 Å². The van der Waals surface area contributed by atoms with Gasteiger partial charge in [-0.15, -0.1) is 0 Å². The van der Waals surface area contributed by atoms with Gasteiger partial charge >= 0.3 is 6.09 Å². The number of nitrogens with one attached hydrogen (secondary N) is 1. The topological polar surface area (TPSA) is 38.3 Å². The van der Waals surface area contributed by atoms with Gasteiger partial charge in [0.2, 0.25) is 0 Å². The van der Waals surface area contributed by atoms with E-state index in [1.54, 1.807) is 0 Å². The number of alkyl halides is 1. The molecule has 1 amide bonds. The van der Waals surface area contributed by atoms with E-state index in [2.05, 4.69) is 17.0 Å². The van der Waals surface area contributed by atoms with Crippen molar-refractivity contribution in [3.05, 3.63) is 0 Å². The van der Waals surface area contributed by atoms with Crippen LogP contribution in [0.2, 0.25) is 0 Å². The highest BCUT2D eigenvalue weighted by Gasteiger charge is 1.98. The molecule has 0 aromatic rings. The molecule has 4 heteroatoms. The van der Waals surface area contributed by atoms with Gasteiger partial charge in [0.25, 0.3) is 0 Å². The van der Waals surface area contributed by atoms with Crippen LogP contribution in [0.5, 0.6) is 0 Å². The van der Waals surface area contributed by atoms with Gasteiger partial charge < -0.3 is 10.1 Å².